The van der Waals surface area contributed by atoms with Crippen molar-refractivity contribution in [1.29, 1.82) is 0 Å². The van der Waals surface area contributed by atoms with E-state index in [1.165, 1.54) is 0 Å². The monoisotopic (exact) mass is 140 g/mol. The first kappa shape index (κ1) is 6.82. The van der Waals surface area contributed by atoms with Gasteiger partial charge in [0.1, 0.15) is 6.04 Å². The van der Waals surface area contributed by atoms with Crippen molar-refractivity contribution in [3.05, 3.63) is 24.0 Å². The van der Waals surface area contributed by atoms with E-state index in [-0.39, 0.29) is 0 Å². The number of nitrogens with one attached hydrogen (secondary N) is 1. The van der Waals surface area contributed by atoms with Crippen molar-refractivity contribution in [1.82, 2.24) is 4.98 Å². The molecule has 0 aliphatic carbocycles. The van der Waals surface area contributed by atoms with Crippen LogP contribution < -0.4 is 5.73 Å². The van der Waals surface area contributed by atoms with E-state index in [4.69, 9.17) is 10.8 Å². The quantitative estimate of drug-likeness (QED) is 0.545. The Morgan fingerprint density at radius 2 is 2.50 bits per heavy atom. The van der Waals surface area contributed by atoms with Crippen molar-refractivity contribution in [3.63, 3.8) is 0 Å². The van der Waals surface area contributed by atoms with Crippen molar-refractivity contribution in [2.75, 3.05) is 0 Å². The summed E-state index contributed by atoms with van der Waals surface area (Å²) < 4.78 is 0. The van der Waals surface area contributed by atoms with Crippen LogP contribution >= 0.6 is 0 Å². The van der Waals surface area contributed by atoms with Crippen LogP contribution in [-0.2, 0) is 4.79 Å². The Morgan fingerprint density at radius 1 is 1.80 bits per heavy atom. The van der Waals surface area contributed by atoms with E-state index in [1.807, 2.05) is 0 Å². The molecule has 0 aromatic carbocycles. The molecule has 0 fully saturated rings. The average molecular weight is 140 g/mol. The first-order valence-corrected chi connectivity index (χ1v) is 2.83. The average Bonchev–Trinajstić information content (AvgIpc) is 2.36. The van der Waals surface area contributed by atoms with Crippen molar-refractivity contribution in [2.24, 2.45) is 5.73 Å². The van der Waals surface area contributed by atoms with Gasteiger partial charge >= 0.3 is 5.97 Å². The second-order valence-electron chi connectivity index (χ2n) is 1.96. The lowest BCUT2D eigenvalue weighted by atomic mass is 10.2. The van der Waals surface area contributed by atoms with E-state index in [0.717, 1.165) is 0 Å². The molecule has 0 spiro atoms. The number of carboxylic acid groups (broad SMARTS) is 1. The molecule has 0 bridgehead atoms. The maximum Gasteiger partial charge on any atom is 0.325 e. The molecule has 0 saturated carbocycles. The molecule has 1 aromatic heterocycles. The normalized spacial score (nSPS) is 12.9. The van der Waals surface area contributed by atoms with Gasteiger partial charge in [-0.1, -0.05) is 0 Å². The van der Waals surface area contributed by atoms with Gasteiger partial charge in [0.2, 0.25) is 0 Å². The number of carboxylic acids is 1. The van der Waals surface area contributed by atoms with Gasteiger partial charge in [0.15, 0.2) is 0 Å². The number of aromatic nitrogens is 1. The van der Waals surface area contributed by atoms with Gasteiger partial charge in [-0.25, -0.2) is 0 Å². The lowest BCUT2D eigenvalue weighted by Gasteiger charge is -2.00. The van der Waals surface area contributed by atoms with Crippen LogP contribution in [0, 0.1) is 0 Å². The molecule has 1 aromatic rings. The summed E-state index contributed by atoms with van der Waals surface area (Å²) in [5.74, 6) is -1.01. The molecule has 0 saturated heterocycles. The number of aromatic amines is 1. The Kier molecular flexibility index (Phi) is 1.73. The van der Waals surface area contributed by atoms with Gasteiger partial charge in [0, 0.05) is 12.4 Å². The van der Waals surface area contributed by atoms with Gasteiger partial charge in [-0.15, -0.1) is 0 Å². The van der Waals surface area contributed by atoms with Crippen LogP contribution in [0.5, 0.6) is 0 Å². The van der Waals surface area contributed by atoms with Gasteiger partial charge in [-0.05, 0) is 11.6 Å². The van der Waals surface area contributed by atoms with Crippen LogP contribution in [0.25, 0.3) is 0 Å². The van der Waals surface area contributed by atoms with Crippen LogP contribution in [0.15, 0.2) is 18.5 Å². The summed E-state index contributed by atoms with van der Waals surface area (Å²) in [6.07, 6.45) is 3.21. The fourth-order valence-corrected chi connectivity index (χ4v) is 0.673. The summed E-state index contributed by atoms with van der Waals surface area (Å²) in [7, 11) is 0. The molecule has 1 heterocycles. The minimum atomic E-state index is -1.01. The lowest BCUT2D eigenvalue weighted by molar-refractivity contribution is -0.138. The summed E-state index contributed by atoms with van der Waals surface area (Å²) in [4.78, 5) is 13.0. The lowest BCUT2D eigenvalue weighted by Crippen LogP contribution is -2.19. The topological polar surface area (TPSA) is 79.1 Å². The number of nitrogens with two attached hydrogens (primary N) is 1. The molecule has 1 atom stereocenters. The van der Waals surface area contributed by atoms with Crippen LogP contribution in [-0.4, -0.2) is 16.1 Å². The standard InChI is InChI=1S/C6H8N2O2/c7-5(6(9)10)4-1-2-8-3-4/h1-3,5,8H,7H2,(H,9,10)/t5-/m1/s1. The maximum absolute atomic E-state index is 10.3. The largest absolute Gasteiger partial charge is 0.480 e. The first-order valence-electron chi connectivity index (χ1n) is 2.83. The Labute approximate surface area is 57.7 Å². The van der Waals surface area contributed by atoms with Gasteiger partial charge in [0.25, 0.3) is 0 Å². The van der Waals surface area contributed by atoms with Crippen LogP contribution in [0.1, 0.15) is 11.6 Å². The van der Waals surface area contributed by atoms with E-state index in [2.05, 4.69) is 4.98 Å². The number of hydrogen-bond donors (Lipinski definition) is 3. The third-order valence-corrected chi connectivity index (χ3v) is 1.25. The molecule has 0 amide bonds. The second kappa shape index (κ2) is 2.53. The maximum atomic E-state index is 10.3. The fraction of sp³-hybridized carbons (Fsp3) is 0.167. The highest BCUT2D eigenvalue weighted by Gasteiger charge is 2.13. The predicted molar refractivity (Wildman–Crippen MR) is 35.4 cm³/mol. The highest BCUT2D eigenvalue weighted by Crippen LogP contribution is 2.07. The van der Waals surface area contributed by atoms with Crippen LogP contribution in [0.3, 0.4) is 0 Å². The van der Waals surface area contributed by atoms with Crippen LogP contribution in [0.4, 0.5) is 0 Å². The van der Waals surface area contributed by atoms with Crippen molar-refractivity contribution >= 4 is 5.97 Å². The number of carbonyl (C=O) groups is 1. The van der Waals surface area contributed by atoms with Gasteiger partial charge < -0.3 is 15.8 Å². The molecule has 0 radical (unpaired) electrons. The molecule has 0 unspecified atom stereocenters. The molecule has 4 N–H and O–H groups in total. The van der Waals surface area contributed by atoms with Crippen molar-refractivity contribution in [3.8, 4) is 0 Å². The summed E-state index contributed by atoms with van der Waals surface area (Å²) >= 11 is 0. The van der Waals surface area contributed by atoms with Crippen LogP contribution in [0.2, 0.25) is 0 Å². The van der Waals surface area contributed by atoms with E-state index in [0.29, 0.717) is 5.56 Å². The third-order valence-electron chi connectivity index (χ3n) is 1.25. The molecular weight excluding hydrogens is 132 g/mol. The van der Waals surface area contributed by atoms with E-state index in [9.17, 15) is 4.79 Å². The zero-order valence-corrected chi connectivity index (χ0v) is 5.24. The predicted octanol–water partition coefficient (Wildman–Crippen LogP) is 0.0991. The molecule has 0 aliphatic heterocycles. The molecule has 10 heavy (non-hydrogen) atoms. The second-order valence-corrected chi connectivity index (χ2v) is 1.96. The molecule has 1 rings (SSSR count). The Bertz CT molecular complexity index is 218. The smallest absolute Gasteiger partial charge is 0.325 e. The zero-order chi connectivity index (χ0) is 7.56. The molecule has 0 aliphatic rings. The molecule has 4 nitrogen and oxygen atoms in total. The Hall–Kier alpha value is -1.29. The van der Waals surface area contributed by atoms with E-state index >= 15 is 0 Å². The highest BCUT2D eigenvalue weighted by atomic mass is 16.4. The number of aliphatic carboxylic acids is 1. The van der Waals surface area contributed by atoms with Gasteiger partial charge in [-0.2, -0.15) is 0 Å². The summed E-state index contributed by atoms with van der Waals surface area (Å²) in [5.41, 5.74) is 5.85. The van der Waals surface area contributed by atoms with E-state index < -0.39 is 12.0 Å². The molecule has 4 heteroatoms. The summed E-state index contributed by atoms with van der Waals surface area (Å²) in [5, 5.41) is 8.41. The first-order chi connectivity index (χ1) is 4.72. The Morgan fingerprint density at radius 3 is 2.90 bits per heavy atom. The minimum absolute atomic E-state index is 0.590. The third kappa shape index (κ3) is 1.16. The van der Waals surface area contributed by atoms with Crippen molar-refractivity contribution in [2.45, 2.75) is 6.04 Å². The van der Waals surface area contributed by atoms with Gasteiger partial charge in [0.05, 0.1) is 0 Å². The fourth-order valence-electron chi connectivity index (χ4n) is 0.673. The molecular formula is C6H8N2O2. The molecule has 54 valence electrons. The van der Waals surface area contributed by atoms with E-state index in [1.54, 1.807) is 18.5 Å². The number of hydrogen-bond acceptors (Lipinski definition) is 2. The number of H-pyrrole nitrogens is 1. The zero-order valence-electron chi connectivity index (χ0n) is 5.24. The van der Waals surface area contributed by atoms with Gasteiger partial charge in [-0.3, -0.25) is 4.79 Å². The van der Waals surface area contributed by atoms with Crippen molar-refractivity contribution < 1.29 is 9.90 Å². The summed E-state index contributed by atoms with van der Waals surface area (Å²) in [6, 6.07) is 0.727. The highest BCUT2D eigenvalue weighted by molar-refractivity contribution is 5.74. The number of rotatable bonds is 2. The Balaban J connectivity index is 2.77. The minimum Gasteiger partial charge on any atom is -0.480 e. The SMILES string of the molecule is N[C@@H](C(=O)O)c1cc[nH]c1. The summed E-state index contributed by atoms with van der Waals surface area (Å²) in [6.45, 7) is 0.